The van der Waals surface area contributed by atoms with E-state index in [4.69, 9.17) is 0 Å². The summed E-state index contributed by atoms with van der Waals surface area (Å²) in [5.74, 6) is 0.464. The number of benzene rings is 1. The second-order valence-electron chi connectivity index (χ2n) is 4.62. The summed E-state index contributed by atoms with van der Waals surface area (Å²) < 4.78 is 0.925. The highest BCUT2D eigenvalue weighted by atomic mass is 79.9. The molecule has 0 radical (unpaired) electrons. The van der Waals surface area contributed by atoms with Gasteiger partial charge in [-0.2, -0.15) is 0 Å². The van der Waals surface area contributed by atoms with Crippen LogP contribution in [0.1, 0.15) is 17.3 Å². The molecule has 2 rings (SSSR count). The van der Waals surface area contributed by atoms with Gasteiger partial charge in [-0.1, -0.05) is 15.9 Å². The van der Waals surface area contributed by atoms with Crippen molar-refractivity contribution < 1.29 is 9.90 Å². The van der Waals surface area contributed by atoms with Crippen molar-refractivity contribution >= 4 is 33.3 Å². The minimum absolute atomic E-state index is 0.186. The lowest BCUT2D eigenvalue weighted by Crippen LogP contribution is -2.16. The Bertz CT molecular complexity index is 597. The van der Waals surface area contributed by atoms with E-state index in [0.29, 0.717) is 23.6 Å². The standard InChI is InChI=1S/C15H16BrN3O2/c1-10(20)8-17-14-7-6-13(9-18-14)19-15(21)11-2-4-12(16)5-3-11/h2-7,9-10,20H,8H2,1H3,(H,17,18)(H,19,21). The summed E-state index contributed by atoms with van der Waals surface area (Å²) in [5, 5.41) is 14.9. The summed E-state index contributed by atoms with van der Waals surface area (Å²) in [7, 11) is 0. The van der Waals surface area contributed by atoms with Gasteiger partial charge in [0.1, 0.15) is 5.82 Å². The lowest BCUT2D eigenvalue weighted by atomic mass is 10.2. The number of carbonyl (C=O) groups excluding carboxylic acids is 1. The van der Waals surface area contributed by atoms with Crippen molar-refractivity contribution in [1.82, 2.24) is 4.98 Å². The van der Waals surface area contributed by atoms with E-state index in [2.05, 4.69) is 31.5 Å². The quantitative estimate of drug-likeness (QED) is 0.775. The van der Waals surface area contributed by atoms with Crippen LogP contribution in [0.5, 0.6) is 0 Å². The number of hydrogen-bond donors (Lipinski definition) is 3. The van der Waals surface area contributed by atoms with Crippen molar-refractivity contribution in [2.75, 3.05) is 17.2 Å². The number of pyridine rings is 1. The van der Waals surface area contributed by atoms with Gasteiger partial charge in [-0.25, -0.2) is 4.98 Å². The Morgan fingerprint density at radius 1 is 1.29 bits per heavy atom. The van der Waals surface area contributed by atoms with E-state index >= 15 is 0 Å². The molecule has 1 heterocycles. The highest BCUT2D eigenvalue weighted by Crippen LogP contribution is 2.14. The van der Waals surface area contributed by atoms with Gasteiger partial charge in [0.05, 0.1) is 18.0 Å². The molecule has 1 unspecified atom stereocenters. The van der Waals surface area contributed by atoms with Gasteiger partial charge < -0.3 is 15.7 Å². The fourth-order valence-electron chi connectivity index (χ4n) is 1.63. The van der Waals surface area contributed by atoms with E-state index in [1.165, 1.54) is 0 Å². The van der Waals surface area contributed by atoms with Crippen LogP contribution in [0.3, 0.4) is 0 Å². The molecule has 0 saturated heterocycles. The number of amides is 1. The Morgan fingerprint density at radius 3 is 2.57 bits per heavy atom. The molecule has 1 atom stereocenters. The fourth-order valence-corrected chi connectivity index (χ4v) is 1.89. The molecule has 5 nitrogen and oxygen atoms in total. The van der Waals surface area contributed by atoms with Gasteiger partial charge in [0.2, 0.25) is 0 Å². The van der Waals surface area contributed by atoms with Crippen molar-refractivity contribution in [3.05, 3.63) is 52.6 Å². The molecule has 1 amide bonds. The Balaban J connectivity index is 1.96. The smallest absolute Gasteiger partial charge is 0.255 e. The van der Waals surface area contributed by atoms with Crippen LogP contribution in [-0.2, 0) is 0 Å². The molecule has 0 saturated carbocycles. The summed E-state index contributed by atoms with van der Waals surface area (Å²) in [4.78, 5) is 16.2. The SMILES string of the molecule is CC(O)CNc1ccc(NC(=O)c2ccc(Br)cc2)cn1. The molecule has 0 fully saturated rings. The maximum atomic E-state index is 12.0. The van der Waals surface area contributed by atoms with Gasteiger partial charge in [-0.3, -0.25) is 4.79 Å². The number of hydrogen-bond acceptors (Lipinski definition) is 4. The average molecular weight is 350 g/mol. The number of anilines is 2. The molecule has 1 aromatic heterocycles. The first-order valence-corrected chi connectivity index (χ1v) is 7.29. The molecule has 3 N–H and O–H groups in total. The topological polar surface area (TPSA) is 74.2 Å². The molecule has 1 aromatic carbocycles. The Labute approximate surface area is 131 Å². The van der Waals surface area contributed by atoms with Crippen LogP contribution in [0.2, 0.25) is 0 Å². The summed E-state index contributed by atoms with van der Waals surface area (Å²) in [6, 6.07) is 10.6. The summed E-state index contributed by atoms with van der Waals surface area (Å²) >= 11 is 3.33. The third-order valence-electron chi connectivity index (χ3n) is 2.71. The summed E-state index contributed by atoms with van der Waals surface area (Å²) in [6.07, 6.45) is 1.13. The van der Waals surface area contributed by atoms with E-state index in [0.717, 1.165) is 4.47 Å². The first-order valence-electron chi connectivity index (χ1n) is 6.49. The molecular formula is C15H16BrN3O2. The van der Waals surface area contributed by atoms with Crippen LogP contribution in [0, 0.1) is 0 Å². The number of aliphatic hydroxyl groups excluding tert-OH is 1. The van der Waals surface area contributed by atoms with Crippen LogP contribution in [0.4, 0.5) is 11.5 Å². The van der Waals surface area contributed by atoms with Crippen LogP contribution in [0.25, 0.3) is 0 Å². The van der Waals surface area contributed by atoms with Crippen molar-refractivity contribution in [2.24, 2.45) is 0 Å². The minimum Gasteiger partial charge on any atom is -0.392 e. The number of aliphatic hydroxyl groups is 1. The van der Waals surface area contributed by atoms with E-state index in [1.54, 1.807) is 37.4 Å². The van der Waals surface area contributed by atoms with Gasteiger partial charge in [0.15, 0.2) is 0 Å². The van der Waals surface area contributed by atoms with Crippen LogP contribution in [-0.4, -0.2) is 28.6 Å². The van der Waals surface area contributed by atoms with Crippen LogP contribution >= 0.6 is 15.9 Å². The molecule has 110 valence electrons. The largest absolute Gasteiger partial charge is 0.392 e. The van der Waals surface area contributed by atoms with E-state index in [9.17, 15) is 9.90 Å². The van der Waals surface area contributed by atoms with Gasteiger partial charge in [-0.15, -0.1) is 0 Å². The Morgan fingerprint density at radius 2 is 2.00 bits per heavy atom. The van der Waals surface area contributed by atoms with Gasteiger partial charge in [0, 0.05) is 16.6 Å². The number of carbonyl (C=O) groups is 1. The van der Waals surface area contributed by atoms with Gasteiger partial charge in [0.25, 0.3) is 5.91 Å². The molecule has 0 aliphatic heterocycles. The third-order valence-corrected chi connectivity index (χ3v) is 3.24. The Hall–Kier alpha value is -1.92. The predicted molar refractivity (Wildman–Crippen MR) is 86.5 cm³/mol. The van der Waals surface area contributed by atoms with E-state index in [1.807, 2.05) is 12.1 Å². The first kappa shape index (κ1) is 15.5. The lowest BCUT2D eigenvalue weighted by molar-refractivity contribution is 0.102. The molecular weight excluding hydrogens is 334 g/mol. The molecule has 0 bridgehead atoms. The molecule has 6 heteroatoms. The first-order chi connectivity index (χ1) is 10.0. The second-order valence-corrected chi connectivity index (χ2v) is 5.54. The van der Waals surface area contributed by atoms with Crippen molar-refractivity contribution in [3.63, 3.8) is 0 Å². The molecule has 0 spiro atoms. The zero-order valence-corrected chi connectivity index (χ0v) is 13.1. The monoisotopic (exact) mass is 349 g/mol. The van der Waals surface area contributed by atoms with E-state index < -0.39 is 6.10 Å². The predicted octanol–water partition coefficient (Wildman–Crippen LogP) is 2.89. The fraction of sp³-hybridized carbons (Fsp3) is 0.200. The zero-order chi connectivity index (χ0) is 15.2. The Kier molecular flexibility index (Phi) is 5.30. The van der Waals surface area contributed by atoms with E-state index in [-0.39, 0.29) is 5.91 Å². The molecule has 21 heavy (non-hydrogen) atoms. The number of aromatic nitrogens is 1. The van der Waals surface area contributed by atoms with Crippen LogP contribution in [0.15, 0.2) is 47.1 Å². The maximum absolute atomic E-state index is 12.0. The third kappa shape index (κ3) is 4.84. The normalized spacial score (nSPS) is 11.8. The minimum atomic E-state index is -0.441. The average Bonchev–Trinajstić information content (AvgIpc) is 2.47. The number of nitrogens with zero attached hydrogens (tertiary/aromatic N) is 1. The van der Waals surface area contributed by atoms with Crippen molar-refractivity contribution in [2.45, 2.75) is 13.0 Å². The van der Waals surface area contributed by atoms with Gasteiger partial charge in [-0.05, 0) is 43.3 Å². The molecule has 0 aliphatic rings. The highest BCUT2D eigenvalue weighted by Gasteiger charge is 2.06. The molecule has 2 aromatic rings. The maximum Gasteiger partial charge on any atom is 0.255 e. The number of nitrogens with one attached hydrogen (secondary N) is 2. The highest BCUT2D eigenvalue weighted by molar-refractivity contribution is 9.10. The van der Waals surface area contributed by atoms with Crippen molar-refractivity contribution in [3.8, 4) is 0 Å². The molecule has 0 aliphatic carbocycles. The lowest BCUT2D eigenvalue weighted by Gasteiger charge is -2.09. The zero-order valence-electron chi connectivity index (χ0n) is 11.5. The number of halogens is 1. The van der Waals surface area contributed by atoms with Crippen molar-refractivity contribution in [1.29, 1.82) is 0 Å². The second kappa shape index (κ2) is 7.19. The summed E-state index contributed by atoms with van der Waals surface area (Å²) in [5.41, 5.74) is 1.19. The summed E-state index contributed by atoms with van der Waals surface area (Å²) in [6.45, 7) is 2.12. The number of rotatable bonds is 5. The van der Waals surface area contributed by atoms with Gasteiger partial charge >= 0.3 is 0 Å². The van der Waals surface area contributed by atoms with Crippen LogP contribution < -0.4 is 10.6 Å².